The molecule has 0 radical (unpaired) electrons. The Kier molecular flexibility index (Phi) is 3.85. The summed E-state index contributed by atoms with van der Waals surface area (Å²) in [5, 5.41) is 1.99. The van der Waals surface area contributed by atoms with Crippen molar-refractivity contribution in [3.8, 4) is 11.1 Å². The first-order chi connectivity index (χ1) is 10.9. The molecular weight excluding hydrogens is 330 g/mol. The molecule has 1 aromatic carbocycles. The van der Waals surface area contributed by atoms with Gasteiger partial charge in [-0.3, -0.25) is 0 Å². The van der Waals surface area contributed by atoms with E-state index in [4.69, 9.17) is 5.73 Å². The maximum Gasteiger partial charge on any atom is 0.417 e. The van der Waals surface area contributed by atoms with Crippen molar-refractivity contribution in [2.75, 3.05) is 0 Å². The Morgan fingerprint density at radius 2 is 1.87 bits per heavy atom. The number of aliphatic imine (C=N–C) groups is 1. The highest BCUT2D eigenvalue weighted by Crippen LogP contribution is 2.45. The van der Waals surface area contributed by atoms with E-state index in [2.05, 4.69) is 9.98 Å². The molecule has 2 heterocycles. The lowest BCUT2D eigenvalue weighted by Crippen LogP contribution is -2.11. The molecular formula is C15H11F4N3S. The second-order valence-electron chi connectivity index (χ2n) is 4.75. The third-order valence-corrected chi connectivity index (χ3v) is 5.17. The second-order valence-corrected chi connectivity index (χ2v) is 6.76. The van der Waals surface area contributed by atoms with Crippen LogP contribution in [0.1, 0.15) is 5.56 Å². The Labute approximate surface area is 131 Å². The minimum atomic E-state index is -4.57. The van der Waals surface area contributed by atoms with Gasteiger partial charge in [-0.2, -0.15) is 17.6 Å². The number of thiol groups is 1. The zero-order valence-electron chi connectivity index (χ0n) is 11.5. The van der Waals surface area contributed by atoms with Crippen LogP contribution in [0.15, 0.2) is 58.0 Å². The summed E-state index contributed by atoms with van der Waals surface area (Å²) in [6.07, 6.45) is -1.95. The topological polar surface area (TPSA) is 51.3 Å². The average molecular weight is 341 g/mol. The number of amidine groups is 1. The van der Waals surface area contributed by atoms with E-state index in [-0.39, 0.29) is 11.1 Å². The fourth-order valence-corrected chi connectivity index (χ4v) is 3.76. The van der Waals surface area contributed by atoms with Crippen LogP contribution in [0.4, 0.5) is 17.6 Å². The van der Waals surface area contributed by atoms with Crippen molar-refractivity contribution in [3.05, 3.63) is 59.6 Å². The Morgan fingerprint density at radius 3 is 2.48 bits per heavy atom. The minimum Gasteiger partial charge on any atom is -0.379 e. The van der Waals surface area contributed by atoms with Gasteiger partial charge in [0.05, 0.1) is 5.56 Å². The lowest BCUT2D eigenvalue weighted by molar-refractivity contribution is -0.137. The van der Waals surface area contributed by atoms with Crippen LogP contribution in [0.2, 0.25) is 0 Å². The number of benzene rings is 1. The van der Waals surface area contributed by atoms with E-state index < -0.39 is 28.6 Å². The van der Waals surface area contributed by atoms with Gasteiger partial charge in [0.25, 0.3) is 0 Å². The Hall–Kier alpha value is -2.35. The molecule has 1 atom stereocenters. The molecule has 1 aliphatic heterocycles. The number of halogens is 4. The number of rotatable bonds is 2. The van der Waals surface area contributed by atoms with Gasteiger partial charge in [-0.15, -0.1) is 10.9 Å². The largest absolute Gasteiger partial charge is 0.417 e. The van der Waals surface area contributed by atoms with Crippen molar-refractivity contribution < 1.29 is 17.6 Å². The second kappa shape index (κ2) is 5.69. The Bertz CT molecular complexity index is 815. The van der Waals surface area contributed by atoms with Gasteiger partial charge in [0.2, 0.25) is 5.95 Å². The number of nitrogens with zero attached hydrogens (tertiary/aromatic N) is 2. The summed E-state index contributed by atoms with van der Waals surface area (Å²) in [7, 11) is -1.19. The molecule has 3 rings (SSSR count). The highest BCUT2D eigenvalue weighted by molar-refractivity contribution is 8.32. The summed E-state index contributed by atoms with van der Waals surface area (Å²) in [5.74, 6) is -0.834. The molecule has 1 aromatic heterocycles. The number of aromatic nitrogens is 1. The molecule has 0 fully saturated rings. The number of alkyl halides is 3. The number of hydrogen-bond acceptors (Lipinski definition) is 3. The summed E-state index contributed by atoms with van der Waals surface area (Å²) >= 11 is 0. The Balaban J connectivity index is 2.14. The summed E-state index contributed by atoms with van der Waals surface area (Å²) < 4.78 is 53.5. The molecule has 0 saturated carbocycles. The molecule has 1 aliphatic rings. The highest BCUT2D eigenvalue weighted by Gasteiger charge is 2.34. The van der Waals surface area contributed by atoms with Gasteiger partial charge in [-0.1, -0.05) is 6.07 Å². The summed E-state index contributed by atoms with van der Waals surface area (Å²) in [6, 6.07) is 6.25. The van der Waals surface area contributed by atoms with Crippen LogP contribution in [-0.4, -0.2) is 10.2 Å². The van der Waals surface area contributed by atoms with Crippen molar-refractivity contribution in [2.24, 2.45) is 10.7 Å². The fourth-order valence-electron chi connectivity index (χ4n) is 2.27. The molecule has 0 saturated heterocycles. The standard InChI is InChI=1S/C15H11F4N3S/c16-13-7-9(3-4-21-13)11-2-1-10(8-12(11)15(17,18)19)23-6-5-22-14(23)20/h1-8,23H,(H2,20,22). The third-order valence-electron chi connectivity index (χ3n) is 3.29. The van der Waals surface area contributed by atoms with Gasteiger partial charge in [-0.25, -0.2) is 9.98 Å². The molecule has 0 bridgehead atoms. The van der Waals surface area contributed by atoms with Gasteiger partial charge < -0.3 is 5.73 Å². The first kappa shape index (κ1) is 15.5. The van der Waals surface area contributed by atoms with Crippen molar-refractivity contribution in [3.63, 3.8) is 0 Å². The maximum absolute atomic E-state index is 13.4. The van der Waals surface area contributed by atoms with Crippen LogP contribution in [-0.2, 0) is 6.18 Å². The number of hydrogen-bond donors (Lipinski definition) is 2. The molecule has 3 nitrogen and oxygen atoms in total. The summed E-state index contributed by atoms with van der Waals surface area (Å²) in [5.41, 5.74) is 4.90. The molecule has 0 spiro atoms. The quantitative estimate of drug-likeness (QED) is 0.492. The van der Waals surface area contributed by atoms with E-state index in [9.17, 15) is 17.6 Å². The van der Waals surface area contributed by atoms with E-state index >= 15 is 0 Å². The van der Waals surface area contributed by atoms with Crippen LogP contribution < -0.4 is 5.73 Å². The number of nitrogens with two attached hydrogens (primary N) is 1. The van der Waals surface area contributed by atoms with Gasteiger partial charge in [0, 0.05) is 18.5 Å². The van der Waals surface area contributed by atoms with Crippen molar-refractivity contribution in [2.45, 2.75) is 11.1 Å². The van der Waals surface area contributed by atoms with E-state index in [0.29, 0.717) is 10.1 Å². The van der Waals surface area contributed by atoms with Crippen LogP contribution in [0.5, 0.6) is 0 Å². The van der Waals surface area contributed by atoms with Crippen LogP contribution in [0, 0.1) is 5.95 Å². The number of pyridine rings is 1. The first-order valence-corrected chi connectivity index (χ1v) is 7.90. The Morgan fingerprint density at radius 1 is 1.09 bits per heavy atom. The molecule has 8 heteroatoms. The van der Waals surface area contributed by atoms with E-state index in [1.54, 1.807) is 11.5 Å². The van der Waals surface area contributed by atoms with Gasteiger partial charge in [0.1, 0.15) is 5.17 Å². The van der Waals surface area contributed by atoms with E-state index in [1.165, 1.54) is 18.3 Å². The lowest BCUT2D eigenvalue weighted by atomic mass is 10.0. The zero-order chi connectivity index (χ0) is 16.6. The van der Waals surface area contributed by atoms with Gasteiger partial charge in [-0.05, 0) is 39.6 Å². The average Bonchev–Trinajstić information content (AvgIpc) is 2.92. The lowest BCUT2D eigenvalue weighted by Gasteiger charge is -2.18. The maximum atomic E-state index is 13.4. The van der Waals surface area contributed by atoms with Crippen LogP contribution in [0.3, 0.4) is 0 Å². The highest BCUT2D eigenvalue weighted by atomic mass is 32.2. The zero-order valence-corrected chi connectivity index (χ0v) is 12.4. The summed E-state index contributed by atoms with van der Waals surface area (Å²) in [6.45, 7) is 0. The van der Waals surface area contributed by atoms with Crippen LogP contribution in [0.25, 0.3) is 11.1 Å². The first-order valence-electron chi connectivity index (χ1n) is 6.48. The van der Waals surface area contributed by atoms with Crippen molar-refractivity contribution >= 4 is 16.1 Å². The van der Waals surface area contributed by atoms with Crippen molar-refractivity contribution in [1.29, 1.82) is 0 Å². The van der Waals surface area contributed by atoms with E-state index in [0.717, 1.165) is 18.3 Å². The minimum absolute atomic E-state index is 0.101. The molecule has 120 valence electrons. The predicted molar refractivity (Wildman–Crippen MR) is 82.6 cm³/mol. The molecule has 0 aliphatic carbocycles. The SMILES string of the molecule is NC1=NC=C[SH]1c1ccc(-c2ccnc(F)c2)c(C(F)(F)F)c1. The molecule has 0 amide bonds. The summed E-state index contributed by atoms with van der Waals surface area (Å²) in [4.78, 5) is 7.69. The van der Waals surface area contributed by atoms with Gasteiger partial charge in [0.15, 0.2) is 0 Å². The van der Waals surface area contributed by atoms with E-state index in [1.807, 2.05) is 0 Å². The molecule has 2 aromatic rings. The van der Waals surface area contributed by atoms with Crippen molar-refractivity contribution in [1.82, 2.24) is 4.98 Å². The van der Waals surface area contributed by atoms with Crippen LogP contribution >= 0.6 is 10.9 Å². The monoisotopic (exact) mass is 341 g/mol. The third kappa shape index (κ3) is 3.07. The molecule has 23 heavy (non-hydrogen) atoms. The fraction of sp³-hybridized carbons (Fsp3) is 0.0667. The molecule has 1 unspecified atom stereocenters. The van der Waals surface area contributed by atoms with Gasteiger partial charge >= 0.3 is 6.18 Å². The predicted octanol–water partition coefficient (Wildman–Crippen LogP) is 4.07. The smallest absolute Gasteiger partial charge is 0.379 e. The molecule has 2 N–H and O–H groups in total. The normalized spacial score (nSPS) is 19.0.